The number of phenolic OH excluding ortho intramolecular Hbond substituents is 1. The van der Waals surface area contributed by atoms with Gasteiger partial charge in [0.05, 0.1) is 14.3 Å². The van der Waals surface area contributed by atoms with E-state index < -0.39 is 7.14 Å². The highest BCUT2D eigenvalue weighted by atomic mass is 31.2. The van der Waals surface area contributed by atoms with Gasteiger partial charge in [-0.1, -0.05) is 26.0 Å². The van der Waals surface area contributed by atoms with E-state index in [1.165, 1.54) is 7.11 Å². The van der Waals surface area contributed by atoms with Crippen molar-refractivity contribution in [1.29, 1.82) is 0 Å². The molecule has 0 fully saturated rings. The summed E-state index contributed by atoms with van der Waals surface area (Å²) >= 11 is 0. The van der Waals surface area contributed by atoms with Gasteiger partial charge in [0.1, 0.15) is 0 Å². The Labute approximate surface area is 150 Å². The van der Waals surface area contributed by atoms with E-state index in [1.807, 2.05) is 52.1 Å². The highest BCUT2D eigenvalue weighted by molar-refractivity contribution is 7.64. The van der Waals surface area contributed by atoms with Crippen molar-refractivity contribution < 1.29 is 14.4 Å². The Kier molecular flexibility index (Phi) is 6.29. The molecule has 4 nitrogen and oxygen atoms in total. The molecule has 1 atom stereocenters. The fourth-order valence-corrected chi connectivity index (χ4v) is 5.75. The predicted molar refractivity (Wildman–Crippen MR) is 104 cm³/mol. The summed E-state index contributed by atoms with van der Waals surface area (Å²) in [4.78, 5) is 4.37. The van der Waals surface area contributed by atoms with Crippen molar-refractivity contribution in [3.05, 3.63) is 52.8 Å². The lowest BCUT2D eigenvalue weighted by molar-refractivity contribution is 0.371. The first-order chi connectivity index (χ1) is 11.8. The van der Waals surface area contributed by atoms with E-state index in [4.69, 9.17) is 4.74 Å². The summed E-state index contributed by atoms with van der Waals surface area (Å²) in [7, 11) is -0.883. The number of phenols is 1. The summed E-state index contributed by atoms with van der Waals surface area (Å²) in [6.07, 6.45) is 3.83. The zero-order valence-corrected chi connectivity index (χ0v) is 16.6. The molecule has 136 valence electrons. The fraction of sp³-hybridized carbons (Fsp3) is 0.450. The van der Waals surface area contributed by atoms with Gasteiger partial charge in [0, 0.05) is 17.5 Å². The highest BCUT2D eigenvalue weighted by Crippen LogP contribution is 2.60. The minimum Gasteiger partial charge on any atom is -0.504 e. The van der Waals surface area contributed by atoms with Crippen LogP contribution in [0.1, 0.15) is 41.9 Å². The molecule has 1 aromatic carbocycles. The molecular weight excluding hydrogens is 333 g/mol. The summed E-state index contributed by atoms with van der Waals surface area (Å²) < 4.78 is 18.9. The van der Waals surface area contributed by atoms with E-state index in [9.17, 15) is 9.67 Å². The molecule has 0 saturated carbocycles. The number of rotatable bonds is 7. The van der Waals surface area contributed by atoms with Gasteiger partial charge in [0.25, 0.3) is 0 Å². The van der Waals surface area contributed by atoms with E-state index in [1.54, 1.807) is 0 Å². The third-order valence-corrected chi connectivity index (χ3v) is 8.69. The van der Waals surface area contributed by atoms with Gasteiger partial charge in [-0.05, 0) is 61.4 Å². The number of nitrogens with zero attached hydrogens (tertiary/aromatic N) is 1. The lowest BCUT2D eigenvalue weighted by Crippen LogP contribution is -2.09. The van der Waals surface area contributed by atoms with Crippen LogP contribution in [0, 0.1) is 13.8 Å². The molecule has 5 heteroatoms. The Morgan fingerprint density at radius 1 is 1.20 bits per heavy atom. The zero-order valence-electron chi connectivity index (χ0n) is 15.7. The maximum absolute atomic E-state index is 13.6. The Balaban J connectivity index is 2.53. The SMILES string of the molecule is CCP(=O)(CC)C(Cc1ccc(C)nc1)c1cc(C)c(O)c(OC)c1. The number of aryl methyl sites for hydroxylation is 2. The molecule has 0 radical (unpaired) electrons. The highest BCUT2D eigenvalue weighted by Gasteiger charge is 2.32. The van der Waals surface area contributed by atoms with Gasteiger partial charge in [-0.3, -0.25) is 4.98 Å². The number of aromatic hydroxyl groups is 1. The topological polar surface area (TPSA) is 59.4 Å². The lowest BCUT2D eigenvalue weighted by Gasteiger charge is -2.27. The average molecular weight is 361 g/mol. The standard InChI is InChI=1S/C20H28NO3P/c1-6-25(23,7-2)19(11-16-9-8-15(4)21-13-16)17-10-14(3)20(22)18(12-17)24-5/h8-10,12-13,19,22H,6-7,11H2,1-5H3. The number of hydrogen-bond donors (Lipinski definition) is 1. The molecule has 0 spiro atoms. The van der Waals surface area contributed by atoms with Crippen molar-refractivity contribution in [1.82, 2.24) is 4.98 Å². The van der Waals surface area contributed by atoms with Crippen LogP contribution in [-0.4, -0.2) is 29.5 Å². The Bertz CT molecular complexity index is 763. The molecule has 0 aliphatic carbocycles. The fourth-order valence-electron chi connectivity index (χ4n) is 3.18. The number of hydrogen-bond acceptors (Lipinski definition) is 4. The van der Waals surface area contributed by atoms with Gasteiger partial charge in [0.15, 0.2) is 11.5 Å². The molecule has 0 amide bonds. The normalized spacial score (nSPS) is 12.8. The minimum atomic E-state index is -2.42. The second kappa shape index (κ2) is 8.05. The Morgan fingerprint density at radius 3 is 2.40 bits per heavy atom. The van der Waals surface area contributed by atoms with Crippen LogP contribution in [0.15, 0.2) is 30.5 Å². The van der Waals surface area contributed by atoms with E-state index >= 15 is 0 Å². The molecule has 0 aliphatic heterocycles. The van der Waals surface area contributed by atoms with Crippen molar-refractivity contribution in [2.45, 2.75) is 39.8 Å². The third-order valence-electron chi connectivity index (χ3n) is 4.93. The Morgan fingerprint density at radius 2 is 1.88 bits per heavy atom. The molecule has 0 saturated heterocycles. The second-order valence-corrected chi connectivity index (χ2v) is 10.3. The summed E-state index contributed by atoms with van der Waals surface area (Å²) in [6, 6.07) is 7.79. The van der Waals surface area contributed by atoms with Crippen molar-refractivity contribution in [3.63, 3.8) is 0 Å². The van der Waals surface area contributed by atoms with Gasteiger partial charge < -0.3 is 14.4 Å². The van der Waals surface area contributed by atoms with Crippen LogP contribution in [0.2, 0.25) is 0 Å². The quantitative estimate of drug-likeness (QED) is 0.697. The van der Waals surface area contributed by atoms with Crippen LogP contribution >= 0.6 is 7.14 Å². The van der Waals surface area contributed by atoms with Crippen molar-refractivity contribution >= 4 is 7.14 Å². The largest absolute Gasteiger partial charge is 0.504 e. The summed E-state index contributed by atoms with van der Waals surface area (Å²) in [6.45, 7) is 7.79. The molecule has 25 heavy (non-hydrogen) atoms. The minimum absolute atomic E-state index is 0.111. The van der Waals surface area contributed by atoms with Crippen LogP contribution in [0.25, 0.3) is 0 Å². The van der Waals surface area contributed by atoms with Crippen molar-refractivity contribution in [3.8, 4) is 11.5 Å². The third kappa shape index (κ3) is 4.24. The molecule has 0 bridgehead atoms. The first-order valence-corrected chi connectivity index (χ1v) is 10.9. The first-order valence-electron chi connectivity index (χ1n) is 8.71. The molecular formula is C20H28NO3P. The van der Waals surface area contributed by atoms with Crippen molar-refractivity contribution in [2.75, 3.05) is 19.4 Å². The van der Waals surface area contributed by atoms with Crippen LogP contribution in [0.4, 0.5) is 0 Å². The van der Waals surface area contributed by atoms with Gasteiger partial charge in [-0.15, -0.1) is 0 Å². The van der Waals surface area contributed by atoms with E-state index in [0.717, 1.165) is 22.4 Å². The zero-order chi connectivity index (χ0) is 18.6. The van der Waals surface area contributed by atoms with Crippen LogP contribution in [0.3, 0.4) is 0 Å². The lowest BCUT2D eigenvalue weighted by atomic mass is 10.0. The maximum Gasteiger partial charge on any atom is 0.161 e. The molecule has 0 aliphatic rings. The molecule has 1 aromatic heterocycles. The van der Waals surface area contributed by atoms with Gasteiger partial charge >= 0.3 is 0 Å². The molecule has 1 heterocycles. The second-order valence-electron chi connectivity index (χ2n) is 6.50. The van der Waals surface area contributed by atoms with Crippen LogP contribution < -0.4 is 4.74 Å². The van der Waals surface area contributed by atoms with Crippen LogP contribution in [0.5, 0.6) is 11.5 Å². The van der Waals surface area contributed by atoms with Gasteiger partial charge in [-0.25, -0.2) is 0 Å². The molecule has 1 unspecified atom stereocenters. The molecule has 2 aromatic rings. The predicted octanol–water partition coefficient (Wildman–Crippen LogP) is 5.10. The van der Waals surface area contributed by atoms with Crippen molar-refractivity contribution in [2.24, 2.45) is 0 Å². The number of benzene rings is 1. The van der Waals surface area contributed by atoms with Gasteiger partial charge in [-0.2, -0.15) is 0 Å². The first kappa shape index (κ1) is 19.5. The summed E-state index contributed by atoms with van der Waals surface area (Å²) in [5, 5.41) is 10.1. The maximum atomic E-state index is 13.6. The number of pyridine rings is 1. The van der Waals surface area contributed by atoms with Crippen LogP contribution in [-0.2, 0) is 11.0 Å². The number of ether oxygens (including phenoxy) is 1. The van der Waals surface area contributed by atoms with E-state index in [-0.39, 0.29) is 11.4 Å². The van der Waals surface area contributed by atoms with E-state index in [0.29, 0.717) is 24.5 Å². The number of aromatic nitrogens is 1. The number of methoxy groups -OCH3 is 1. The molecule has 2 rings (SSSR count). The summed E-state index contributed by atoms with van der Waals surface area (Å²) in [5.74, 6) is 0.575. The Hall–Kier alpha value is -1.80. The average Bonchev–Trinajstić information content (AvgIpc) is 2.62. The van der Waals surface area contributed by atoms with Gasteiger partial charge in [0.2, 0.25) is 0 Å². The van der Waals surface area contributed by atoms with E-state index in [2.05, 4.69) is 11.1 Å². The molecule has 1 N–H and O–H groups in total. The monoisotopic (exact) mass is 361 g/mol. The smallest absolute Gasteiger partial charge is 0.161 e. The summed E-state index contributed by atoms with van der Waals surface area (Å²) in [5.41, 5.74) is 3.62.